The SMILES string of the molecule is C1=C(O[SiH2]c2ccccc2)CCC1. The van der Waals surface area contributed by atoms with Gasteiger partial charge in [-0.3, -0.25) is 0 Å². The van der Waals surface area contributed by atoms with Crippen LogP contribution in [-0.2, 0) is 4.43 Å². The predicted molar refractivity (Wildman–Crippen MR) is 57.6 cm³/mol. The van der Waals surface area contributed by atoms with Crippen molar-refractivity contribution >= 4 is 14.9 Å². The molecule has 0 bridgehead atoms. The zero-order valence-electron chi connectivity index (χ0n) is 7.70. The second-order valence-corrected chi connectivity index (χ2v) is 4.73. The largest absolute Gasteiger partial charge is 0.548 e. The Morgan fingerprint density at radius 2 is 2.00 bits per heavy atom. The molecule has 0 atom stereocenters. The van der Waals surface area contributed by atoms with E-state index < -0.39 is 9.76 Å². The second-order valence-electron chi connectivity index (χ2n) is 3.34. The molecule has 0 amide bonds. The van der Waals surface area contributed by atoms with E-state index in [0.29, 0.717) is 0 Å². The number of allylic oxidation sites excluding steroid dienone is 2. The lowest BCUT2D eigenvalue weighted by atomic mass is 10.4. The van der Waals surface area contributed by atoms with E-state index in [-0.39, 0.29) is 0 Å². The Bertz CT molecular complexity index is 292. The Morgan fingerprint density at radius 3 is 2.69 bits per heavy atom. The molecule has 1 aliphatic carbocycles. The summed E-state index contributed by atoms with van der Waals surface area (Å²) in [6, 6.07) is 10.5. The van der Waals surface area contributed by atoms with Crippen LogP contribution in [0, 0.1) is 0 Å². The lowest BCUT2D eigenvalue weighted by molar-refractivity contribution is 0.444. The molecular formula is C11H14OSi. The Kier molecular flexibility index (Phi) is 2.82. The van der Waals surface area contributed by atoms with Crippen molar-refractivity contribution in [3.63, 3.8) is 0 Å². The number of rotatable bonds is 3. The molecule has 0 saturated heterocycles. The fourth-order valence-corrected chi connectivity index (χ4v) is 2.60. The van der Waals surface area contributed by atoms with Crippen LogP contribution in [0.4, 0.5) is 0 Å². The lowest BCUT2D eigenvalue weighted by Gasteiger charge is -2.05. The number of benzene rings is 1. The second kappa shape index (κ2) is 4.28. The summed E-state index contributed by atoms with van der Waals surface area (Å²) in [7, 11) is -0.509. The van der Waals surface area contributed by atoms with Gasteiger partial charge in [-0.1, -0.05) is 30.3 Å². The fraction of sp³-hybridized carbons (Fsp3) is 0.273. The van der Waals surface area contributed by atoms with Gasteiger partial charge in [-0.2, -0.15) is 0 Å². The summed E-state index contributed by atoms with van der Waals surface area (Å²) in [5.74, 6) is 1.23. The van der Waals surface area contributed by atoms with Gasteiger partial charge < -0.3 is 4.43 Å². The molecule has 0 saturated carbocycles. The zero-order valence-corrected chi connectivity index (χ0v) is 9.11. The molecule has 1 nitrogen and oxygen atoms in total. The molecule has 0 aromatic heterocycles. The van der Waals surface area contributed by atoms with Crippen molar-refractivity contribution in [2.45, 2.75) is 19.3 Å². The van der Waals surface area contributed by atoms with E-state index in [4.69, 9.17) is 4.43 Å². The first kappa shape index (κ1) is 8.57. The fourth-order valence-electron chi connectivity index (χ4n) is 1.52. The maximum Gasteiger partial charge on any atom is 0.250 e. The van der Waals surface area contributed by atoms with Gasteiger partial charge in [-0.25, -0.2) is 0 Å². The van der Waals surface area contributed by atoms with Crippen LogP contribution in [0.15, 0.2) is 42.2 Å². The highest BCUT2D eigenvalue weighted by atomic mass is 28.2. The molecule has 13 heavy (non-hydrogen) atoms. The molecule has 1 aromatic rings. The van der Waals surface area contributed by atoms with Crippen LogP contribution >= 0.6 is 0 Å². The minimum absolute atomic E-state index is 0.509. The van der Waals surface area contributed by atoms with E-state index in [1.54, 1.807) is 0 Å². The van der Waals surface area contributed by atoms with E-state index in [9.17, 15) is 0 Å². The topological polar surface area (TPSA) is 9.23 Å². The normalized spacial score (nSPS) is 16.5. The van der Waals surface area contributed by atoms with Crippen LogP contribution in [0.3, 0.4) is 0 Å². The van der Waals surface area contributed by atoms with Gasteiger partial charge in [0.2, 0.25) is 0 Å². The third-order valence-electron chi connectivity index (χ3n) is 2.27. The van der Waals surface area contributed by atoms with Crippen LogP contribution in [0.2, 0.25) is 0 Å². The third kappa shape index (κ3) is 2.46. The van der Waals surface area contributed by atoms with Crippen molar-refractivity contribution < 1.29 is 4.43 Å². The van der Waals surface area contributed by atoms with Gasteiger partial charge in [0.05, 0.1) is 5.76 Å². The molecule has 2 heteroatoms. The van der Waals surface area contributed by atoms with Gasteiger partial charge in [-0.15, -0.1) is 0 Å². The lowest BCUT2D eigenvalue weighted by Crippen LogP contribution is -2.16. The van der Waals surface area contributed by atoms with E-state index in [1.165, 1.54) is 23.8 Å². The molecule has 0 radical (unpaired) electrons. The van der Waals surface area contributed by atoms with Crippen molar-refractivity contribution in [3.8, 4) is 0 Å². The molecule has 0 aliphatic heterocycles. The molecule has 68 valence electrons. The molecule has 2 rings (SSSR count). The predicted octanol–water partition coefficient (Wildman–Crippen LogP) is 1.48. The van der Waals surface area contributed by atoms with Gasteiger partial charge in [0.15, 0.2) is 0 Å². The van der Waals surface area contributed by atoms with Crippen molar-refractivity contribution in [2.75, 3.05) is 0 Å². The quantitative estimate of drug-likeness (QED) is 0.656. The van der Waals surface area contributed by atoms with Gasteiger partial charge in [0, 0.05) is 6.42 Å². The molecule has 0 unspecified atom stereocenters. The molecule has 0 fully saturated rings. The first-order chi connectivity index (χ1) is 6.45. The highest BCUT2D eigenvalue weighted by molar-refractivity contribution is 6.47. The average molecular weight is 190 g/mol. The Balaban J connectivity index is 1.86. The van der Waals surface area contributed by atoms with Gasteiger partial charge in [-0.05, 0) is 24.1 Å². The van der Waals surface area contributed by atoms with Crippen molar-refractivity contribution in [1.82, 2.24) is 0 Å². The molecule has 1 aliphatic rings. The summed E-state index contributed by atoms with van der Waals surface area (Å²) in [6.45, 7) is 0. The first-order valence-electron chi connectivity index (χ1n) is 4.81. The minimum Gasteiger partial charge on any atom is -0.548 e. The molecular weight excluding hydrogens is 176 g/mol. The smallest absolute Gasteiger partial charge is 0.250 e. The summed E-state index contributed by atoms with van der Waals surface area (Å²) in [5, 5.41) is 1.38. The van der Waals surface area contributed by atoms with E-state index >= 15 is 0 Å². The van der Waals surface area contributed by atoms with Crippen molar-refractivity contribution in [3.05, 3.63) is 42.2 Å². The van der Waals surface area contributed by atoms with Gasteiger partial charge >= 0.3 is 0 Å². The van der Waals surface area contributed by atoms with Crippen LogP contribution in [0.1, 0.15) is 19.3 Å². The van der Waals surface area contributed by atoms with Crippen LogP contribution in [0.5, 0.6) is 0 Å². The average Bonchev–Trinajstić information content (AvgIpc) is 2.69. The van der Waals surface area contributed by atoms with E-state index in [2.05, 4.69) is 30.3 Å². The number of hydrogen-bond acceptors (Lipinski definition) is 1. The minimum atomic E-state index is -0.509. The maximum atomic E-state index is 5.79. The van der Waals surface area contributed by atoms with Gasteiger partial charge in [0.1, 0.15) is 0 Å². The number of hydrogen-bond donors (Lipinski definition) is 0. The molecule has 0 spiro atoms. The van der Waals surface area contributed by atoms with Crippen LogP contribution in [-0.4, -0.2) is 9.76 Å². The van der Waals surface area contributed by atoms with Crippen molar-refractivity contribution in [2.24, 2.45) is 0 Å². The summed E-state index contributed by atoms with van der Waals surface area (Å²) >= 11 is 0. The molecule has 0 heterocycles. The first-order valence-corrected chi connectivity index (χ1v) is 6.09. The highest BCUT2D eigenvalue weighted by Gasteiger charge is 2.04. The monoisotopic (exact) mass is 190 g/mol. The van der Waals surface area contributed by atoms with Gasteiger partial charge in [0.25, 0.3) is 9.76 Å². The Hall–Kier alpha value is -1.02. The summed E-state index contributed by atoms with van der Waals surface area (Å²) in [6.07, 6.45) is 5.87. The summed E-state index contributed by atoms with van der Waals surface area (Å²) in [4.78, 5) is 0. The van der Waals surface area contributed by atoms with E-state index in [1.807, 2.05) is 6.07 Å². The Morgan fingerprint density at radius 1 is 1.15 bits per heavy atom. The Labute approximate surface area is 81.4 Å². The standard InChI is InChI=1S/C11H14OSi/c1-2-8-11(9-3-1)13-12-10-6-4-5-7-10/h1-3,6,8-9H,4-5,7,13H2. The summed E-state index contributed by atoms with van der Waals surface area (Å²) < 4.78 is 5.79. The van der Waals surface area contributed by atoms with Crippen LogP contribution in [0.25, 0.3) is 0 Å². The zero-order chi connectivity index (χ0) is 8.93. The van der Waals surface area contributed by atoms with Crippen molar-refractivity contribution in [1.29, 1.82) is 0 Å². The highest BCUT2D eigenvalue weighted by Crippen LogP contribution is 2.17. The third-order valence-corrected chi connectivity index (χ3v) is 3.59. The van der Waals surface area contributed by atoms with E-state index in [0.717, 1.165) is 6.42 Å². The summed E-state index contributed by atoms with van der Waals surface area (Å²) in [5.41, 5.74) is 0. The molecule has 0 N–H and O–H groups in total. The molecule has 1 aromatic carbocycles. The maximum absolute atomic E-state index is 5.79. The van der Waals surface area contributed by atoms with Crippen LogP contribution < -0.4 is 5.19 Å².